The van der Waals surface area contributed by atoms with Crippen LogP contribution in [0.3, 0.4) is 0 Å². The third kappa shape index (κ3) is 5.51. The summed E-state index contributed by atoms with van der Waals surface area (Å²) in [6, 6.07) is 77.3. The molecule has 10 aromatic rings. The van der Waals surface area contributed by atoms with Crippen LogP contribution in [0.15, 0.2) is 212 Å². The second kappa shape index (κ2) is 13.0. The lowest BCUT2D eigenvalue weighted by molar-refractivity contribution is 1.29. The largest absolute Gasteiger partial charge is 0.310 e. The molecular formula is C52H35N. The molecule has 0 radical (unpaired) electrons. The van der Waals surface area contributed by atoms with Crippen molar-refractivity contribution in [3.63, 3.8) is 0 Å². The molecular weight excluding hydrogens is 639 g/mol. The van der Waals surface area contributed by atoms with Crippen LogP contribution in [0.4, 0.5) is 17.1 Å². The van der Waals surface area contributed by atoms with Crippen molar-refractivity contribution in [3.8, 4) is 33.4 Å². The molecule has 10 rings (SSSR count). The normalized spacial score (nSPS) is 11.4. The van der Waals surface area contributed by atoms with Gasteiger partial charge in [-0.05, 0) is 113 Å². The first kappa shape index (κ1) is 30.8. The van der Waals surface area contributed by atoms with E-state index in [-0.39, 0.29) is 0 Å². The van der Waals surface area contributed by atoms with Crippen molar-refractivity contribution in [3.05, 3.63) is 212 Å². The molecule has 0 saturated heterocycles. The smallest absolute Gasteiger partial charge is 0.0468 e. The molecule has 1 nitrogen and oxygen atoms in total. The number of nitrogens with zero attached hydrogens (tertiary/aromatic N) is 1. The second-order valence-corrected chi connectivity index (χ2v) is 13.7. The van der Waals surface area contributed by atoms with Crippen molar-refractivity contribution in [1.29, 1.82) is 0 Å². The number of hydrogen-bond acceptors (Lipinski definition) is 1. The van der Waals surface area contributed by atoms with E-state index in [1.807, 2.05) is 0 Å². The standard InChI is InChI=1S/C52H35N/c1-2-11-36(12-3-1)37-23-28-43(29-24-37)53(45-32-34-48-42(35-45)22-21-39-14-5-7-17-46(39)48)44-30-25-41(26-31-44)50-33-27-40-15-6-9-19-49(40)52(50)51-20-10-16-38-13-4-8-18-47(38)51/h1-35H. The number of anilines is 3. The predicted octanol–water partition coefficient (Wildman–Crippen LogP) is 14.8. The molecule has 1 heteroatoms. The molecule has 0 saturated carbocycles. The van der Waals surface area contributed by atoms with E-state index in [4.69, 9.17) is 0 Å². The number of fused-ring (bicyclic) bond motifs is 5. The zero-order valence-corrected chi connectivity index (χ0v) is 29.2. The fraction of sp³-hybridized carbons (Fsp3) is 0. The summed E-state index contributed by atoms with van der Waals surface area (Å²) in [5.41, 5.74) is 10.7. The Kier molecular flexibility index (Phi) is 7.55. The van der Waals surface area contributed by atoms with Gasteiger partial charge in [-0.3, -0.25) is 0 Å². The van der Waals surface area contributed by atoms with Crippen LogP contribution in [0.5, 0.6) is 0 Å². The van der Waals surface area contributed by atoms with Crippen LogP contribution < -0.4 is 4.90 Å². The molecule has 0 heterocycles. The van der Waals surface area contributed by atoms with Gasteiger partial charge in [0.15, 0.2) is 0 Å². The van der Waals surface area contributed by atoms with Gasteiger partial charge in [-0.15, -0.1) is 0 Å². The van der Waals surface area contributed by atoms with E-state index in [0.717, 1.165) is 17.1 Å². The molecule has 0 aliphatic rings. The molecule has 10 aromatic carbocycles. The second-order valence-electron chi connectivity index (χ2n) is 13.7. The van der Waals surface area contributed by atoms with E-state index in [2.05, 4.69) is 217 Å². The lowest BCUT2D eigenvalue weighted by Crippen LogP contribution is -2.09. The van der Waals surface area contributed by atoms with E-state index < -0.39 is 0 Å². The summed E-state index contributed by atoms with van der Waals surface area (Å²) < 4.78 is 0. The predicted molar refractivity (Wildman–Crippen MR) is 227 cm³/mol. The number of benzene rings is 10. The van der Waals surface area contributed by atoms with Crippen LogP contribution in [-0.4, -0.2) is 0 Å². The zero-order valence-electron chi connectivity index (χ0n) is 29.2. The van der Waals surface area contributed by atoms with Crippen molar-refractivity contribution < 1.29 is 0 Å². The van der Waals surface area contributed by atoms with Gasteiger partial charge in [0, 0.05) is 17.1 Å². The Morgan fingerprint density at radius 1 is 0.245 bits per heavy atom. The van der Waals surface area contributed by atoms with Gasteiger partial charge >= 0.3 is 0 Å². The van der Waals surface area contributed by atoms with Gasteiger partial charge in [0.05, 0.1) is 0 Å². The van der Waals surface area contributed by atoms with Gasteiger partial charge in [0.2, 0.25) is 0 Å². The molecule has 0 aliphatic heterocycles. The molecule has 0 aliphatic carbocycles. The van der Waals surface area contributed by atoms with E-state index in [1.54, 1.807) is 0 Å². The van der Waals surface area contributed by atoms with Crippen molar-refractivity contribution in [2.45, 2.75) is 0 Å². The third-order valence-corrected chi connectivity index (χ3v) is 10.6. The Balaban J connectivity index is 1.12. The fourth-order valence-electron chi connectivity index (χ4n) is 8.06. The Hall–Kier alpha value is -6.96. The first-order valence-electron chi connectivity index (χ1n) is 18.3. The lowest BCUT2D eigenvalue weighted by Gasteiger charge is -2.26. The van der Waals surface area contributed by atoms with Crippen LogP contribution in [0.1, 0.15) is 0 Å². The van der Waals surface area contributed by atoms with E-state index in [9.17, 15) is 0 Å². The third-order valence-electron chi connectivity index (χ3n) is 10.6. The summed E-state index contributed by atoms with van der Waals surface area (Å²) in [5.74, 6) is 0. The maximum atomic E-state index is 2.37. The molecule has 0 unspecified atom stereocenters. The molecule has 0 aromatic heterocycles. The van der Waals surface area contributed by atoms with Crippen LogP contribution in [0, 0.1) is 0 Å². The summed E-state index contributed by atoms with van der Waals surface area (Å²) in [6.45, 7) is 0. The van der Waals surface area contributed by atoms with Gasteiger partial charge < -0.3 is 4.90 Å². The van der Waals surface area contributed by atoms with Gasteiger partial charge in [-0.25, -0.2) is 0 Å². The highest BCUT2D eigenvalue weighted by molar-refractivity contribution is 6.11. The highest BCUT2D eigenvalue weighted by atomic mass is 15.1. The lowest BCUT2D eigenvalue weighted by atomic mass is 9.87. The number of rotatable bonds is 6. The summed E-state index contributed by atoms with van der Waals surface area (Å²) in [5, 5.41) is 10.0. The van der Waals surface area contributed by atoms with Gasteiger partial charge in [-0.2, -0.15) is 0 Å². The SMILES string of the molecule is c1ccc(-c2ccc(N(c3ccc(-c4ccc5ccccc5c4-c4cccc5ccccc45)cc3)c3ccc4c(ccc5ccccc54)c3)cc2)cc1. The van der Waals surface area contributed by atoms with Crippen molar-refractivity contribution in [1.82, 2.24) is 0 Å². The Morgan fingerprint density at radius 3 is 1.47 bits per heavy atom. The van der Waals surface area contributed by atoms with Crippen molar-refractivity contribution in [2.75, 3.05) is 4.90 Å². The fourth-order valence-corrected chi connectivity index (χ4v) is 8.06. The summed E-state index contributed by atoms with van der Waals surface area (Å²) in [7, 11) is 0. The minimum absolute atomic E-state index is 1.11. The number of hydrogen-bond donors (Lipinski definition) is 0. The van der Waals surface area contributed by atoms with Crippen LogP contribution >= 0.6 is 0 Å². The summed E-state index contributed by atoms with van der Waals surface area (Å²) >= 11 is 0. The molecule has 0 bridgehead atoms. The quantitative estimate of drug-likeness (QED) is 0.159. The van der Waals surface area contributed by atoms with Crippen LogP contribution in [0.25, 0.3) is 76.5 Å². The average molecular weight is 674 g/mol. The molecule has 0 fully saturated rings. The molecule has 0 N–H and O–H groups in total. The minimum atomic E-state index is 1.11. The van der Waals surface area contributed by atoms with Gasteiger partial charge in [0.1, 0.15) is 0 Å². The molecule has 248 valence electrons. The van der Waals surface area contributed by atoms with E-state index in [0.29, 0.717) is 0 Å². The highest BCUT2D eigenvalue weighted by Gasteiger charge is 2.17. The maximum Gasteiger partial charge on any atom is 0.0468 e. The van der Waals surface area contributed by atoms with E-state index >= 15 is 0 Å². The van der Waals surface area contributed by atoms with Gasteiger partial charge in [-0.1, -0.05) is 176 Å². The van der Waals surface area contributed by atoms with Crippen molar-refractivity contribution >= 4 is 60.2 Å². The molecule has 53 heavy (non-hydrogen) atoms. The topological polar surface area (TPSA) is 3.24 Å². The van der Waals surface area contributed by atoms with E-state index in [1.165, 1.54) is 76.5 Å². The Bertz CT molecular complexity index is 2920. The van der Waals surface area contributed by atoms with Crippen molar-refractivity contribution in [2.24, 2.45) is 0 Å². The minimum Gasteiger partial charge on any atom is -0.310 e. The van der Waals surface area contributed by atoms with Crippen LogP contribution in [-0.2, 0) is 0 Å². The molecule has 0 atom stereocenters. The monoisotopic (exact) mass is 673 g/mol. The van der Waals surface area contributed by atoms with Crippen LogP contribution in [0.2, 0.25) is 0 Å². The first-order chi connectivity index (χ1) is 26.3. The average Bonchev–Trinajstić information content (AvgIpc) is 3.24. The first-order valence-corrected chi connectivity index (χ1v) is 18.3. The maximum absolute atomic E-state index is 2.37. The summed E-state index contributed by atoms with van der Waals surface area (Å²) in [4.78, 5) is 2.37. The molecule has 0 amide bonds. The summed E-state index contributed by atoms with van der Waals surface area (Å²) in [6.07, 6.45) is 0. The Labute approximate surface area is 309 Å². The van der Waals surface area contributed by atoms with Gasteiger partial charge in [0.25, 0.3) is 0 Å². The highest BCUT2D eigenvalue weighted by Crippen LogP contribution is 2.43. The zero-order chi connectivity index (χ0) is 35.1. The Morgan fingerprint density at radius 2 is 0.736 bits per heavy atom. The molecule has 0 spiro atoms.